The van der Waals surface area contributed by atoms with Crippen LogP contribution in [0.25, 0.3) is 0 Å². The van der Waals surface area contributed by atoms with Crippen LogP contribution in [0.1, 0.15) is 18.4 Å². The minimum absolute atomic E-state index is 0.161. The van der Waals surface area contributed by atoms with E-state index < -0.39 is 0 Å². The first kappa shape index (κ1) is 14.9. The second-order valence-electron chi connectivity index (χ2n) is 5.08. The number of benzene rings is 1. The predicted molar refractivity (Wildman–Crippen MR) is 91.0 cm³/mol. The Hall–Kier alpha value is -1.07. The lowest BCUT2D eigenvalue weighted by atomic mass is 10.1. The first-order valence-corrected chi connectivity index (χ1v) is 9.18. The summed E-state index contributed by atoms with van der Waals surface area (Å²) in [5, 5.41) is 0. The minimum atomic E-state index is 0.161. The average molecular weight is 320 g/mol. The lowest BCUT2D eigenvalue weighted by molar-refractivity contribution is 0.414. The van der Waals surface area contributed by atoms with Crippen LogP contribution in [-0.2, 0) is 10.6 Å². The molecule has 3 nitrogen and oxygen atoms in total. The van der Waals surface area contributed by atoms with Gasteiger partial charge < -0.3 is 9.30 Å². The molecular weight excluding hydrogens is 300 g/mol. The van der Waals surface area contributed by atoms with Crippen molar-refractivity contribution < 1.29 is 4.74 Å². The van der Waals surface area contributed by atoms with Crippen LogP contribution in [0.5, 0.6) is 5.75 Å². The number of nitrogens with zero attached hydrogens (tertiary/aromatic N) is 2. The van der Waals surface area contributed by atoms with Gasteiger partial charge in [-0.3, -0.25) is 0 Å². The fraction of sp³-hybridized carbons (Fsp3) is 0.438. The molecule has 1 aliphatic heterocycles. The third-order valence-corrected chi connectivity index (χ3v) is 7.25. The Bertz CT molecular complexity index is 548. The molecule has 2 aromatic rings. The smallest absolute Gasteiger partial charge is 0.118 e. The van der Waals surface area contributed by atoms with E-state index >= 15 is 0 Å². The monoisotopic (exact) mass is 320 g/mol. The molecular formula is C16H20N2OS2. The Morgan fingerprint density at radius 3 is 2.62 bits per heavy atom. The summed E-state index contributed by atoms with van der Waals surface area (Å²) in [5.74, 6) is 3.40. The number of rotatable bonds is 5. The molecule has 1 fully saturated rings. The van der Waals surface area contributed by atoms with E-state index in [1.165, 1.54) is 23.5 Å². The summed E-state index contributed by atoms with van der Waals surface area (Å²) in [7, 11) is 1.72. The lowest BCUT2D eigenvalue weighted by Gasteiger charge is -2.37. The van der Waals surface area contributed by atoms with Crippen molar-refractivity contribution in [1.29, 1.82) is 0 Å². The van der Waals surface area contributed by atoms with E-state index in [9.17, 15) is 0 Å². The summed E-state index contributed by atoms with van der Waals surface area (Å²) in [5.41, 5.74) is 1.40. The van der Waals surface area contributed by atoms with E-state index in [1.54, 1.807) is 7.11 Å². The van der Waals surface area contributed by atoms with Gasteiger partial charge in [0.25, 0.3) is 0 Å². The summed E-state index contributed by atoms with van der Waals surface area (Å²) in [4.78, 5) is 4.14. The van der Waals surface area contributed by atoms with Crippen LogP contribution in [0.2, 0.25) is 0 Å². The highest BCUT2D eigenvalue weighted by Crippen LogP contribution is 2.53. The summed E-state index contributed by atoms with van der Waals surface area (Å²) < 4.78 is 7.61. The zero-order valence-electron chi connectivity index (χ0n) is 12.2. The maximum absolute atomic E-state index is 5.28. The van der Waals surface area contributed by atoms with Gasteiger partial charge in [0.1, 0.15) is 5.75 Å². The van der Waals surface area contributed by atoms with Crippen molar-refractivity contribution >= 4 is 23.5 Å². The number of hydrogen-bond donors (Lipinski definition) is 0. The van der Waals surface area contributed by atoms with Gasteiger partial charge in [-0.15, -0.1) is 23.5 Å². The zero-order chi connectivity index (χ0) is 14.5. The molecule has 112 valence electrons. The maximum atomic E-state index is 5.28. The van der Waals surface area contributed by atoms with Crippen molar-refractivity contribution in [2.75, 3.05) is 18.6 Å². The molecule has 1 saturated heterocycles. The van der Waals surface area contributed by atoms with Crippen LogP contribution >= 0.6 is 23.5 Å². The van der Waals surface area contributed by atoms with E-state index in [1.807, 2.05) is 18.7 Å². The maximum Gasteiger partial charge on any atom is 0.118 e. The summed E-state index contributed by atoms with van der Waals surface area (Å²) in [6.07, 6.45) is 8.21. The number of ether oxygens (including phenoxy) is 1. The highest BCUT2D eigenvalue weighted by molar-refractivity contribution is 8.18. The third-order valence-electron chi connectivity index (χ3n) is 3.75. The Morgan fingerprint density at radius 2 is 2.00 bits per heavy atom. The predicted octanol–water partition coefficient (Wildman–Crippen LogP) is 4.00. The Morgan fingerprint density at radius 1 is 1.24 bits per heavy atom. The molecule has 0 atom stereocenters. The van der Waals surface area contributed by atoms with E-state index in [0.717, 1.165) is 18.7 Å². The van der Waals surface area contributed by atoms with Gasteiger partial charge in [-0.25, -0.2) is 4.98 Å². The average Bonchev–Trinajstić information content (AvgIpc) is 3.07. The number of hydrogen-bond acceptors (Lipinski definition) is 4. The molecule has 1 aromatic heterocycles. The van der Waals surface area contributed by atoms with Crippen LogP contribution in [-0.4, -0.2) is 28.2 Å². The molecule has 5 heteroatoms. The van der Waals surface area contributed by atoms with Crippen molar-refractivity contribution in [2.45, 2.75) is 23.5 Å². The second-order valence-corrected chi connectivity index (χ2v) is 8.13. The molecule has 0 amide bonds. The SMILES string of the molecule is COc1ccc(C2(CCn3ccnc3)SCCCS2)cc1. The van der Waals surface area contributed by atoms with Crippen LogP contribution in [0.15, 0.2) is 43.0 Å². The summed E-state index contributed by atoms with van der Waals surface area (Å²) in [6.45, 7) is 1.01. The number of thioether (sulfide) groups is 2. The van der Waals surface area contributed by atoms with Gasteiger partial charge in [-0.05, 0) is 42.0 Å². The number of aromatic nitrogens is 2. The highest BCUT2D eigenvalue weighted by atomic mass is 32.2. The standard InChI is InChI=1S/C16H20N2OS2/c1-19-15-5-3-14(4-6-15)16(20-11-2-12-21-16)7-9-18-10-8-17-13-18/h3-6,8,10,13H,2,7,9,11-12H2,1H3. The van der Waals surface area contributed by atoms with Crippen molar-refractivity contribution in [1.82, 2.24) is 9.55 Å². The van der Waals surface area contributed by atoms with Crippen molar-refractivity contribution in [2.24, 2.45) is 0 Å². The molecule has 3 rings (SSSR count). The highest BCUT2D eigenvalue weighted by Gasteiger charge is 2.35. The molecule has 0 bridgehead atoms. The Labute approximate surface area is 134 Å². The summed E-state index contributed by atoms with van der Waals surface area (Å²) >= 11 is 4.17. The molecule has 0 N–H and O–H groups in total. The molecule has 1 aromatic carbocycles. The molecule has 2 heterocycles. The van der Waals surface area contributed by atoms with E-state index in [-0.39, 0.29) is 4.08 Å². The quantitative estimate of drug-likeness (QED) is 0.832. The van der Waals surface area contributed by atoms with E-state index in [2.05, 4.69) is 57.3 Å². The molecule has 0 saturated carbocycles. The second kappa shape index (κ2) is 6.79. The number of methoxy groups -OCH3 is 1. The van der Waals surface area contributed by atoms with Gasteiger partial charge in [0, 0.05) is 18.9 Å². The summed E-state index contributed by atoms with van der Waals surface area (Å²) in [6, 6.07) is 8.59. The molecule has 0 aliphatic carbocycles. The number of aryl methyl sites for hydroxylation is 1. The topological polar surface area (TPSA) is 27.1 Å². The van der Waals surface area contributed by atoms with Gasteiger partial charge >= 0.3 is 0 Å². The van der Waals surface area contributed by atoms with Crippen LogP contribution in [0.3, 0.4) is 0 Å². The van der Waals surface area contributed by atoms with Crippen LogP contribution < -0.4 is 4.74 Å². The first-order chi connectivity index (χ1) is 10.3. The largest absolute Gasteiger partial charge is 0.497 e. The fourth-order valence-corrected chi connectivity index (χ4v) is 5.90. The van der Waals surface area contributed by atoms with E-state index in [4.69, 9.17) is 4.74 Å². The molecule has 0 unspecified atom stereocenters. The third kappa shape index (κ3) is 3.40. The van der Waals surface area contributed by atoms with Crippen LogP contribution in [0.4, 0.5) is 0 Å². The van der Waals surface area contributed by atoms with Crippen molar-refractivity contribution in [3.8, 4) is 5.75 Å². The van der Waals surface area contributed by atoms with Gasteiger partial charge in [-0.2, -0.15) is 0 Å². The molecule has 1 aliphatic rings. The van der Waals surface area contributed by atoms with Crippen molar-refractivity contribution in [3.63, 3.8) is 0 Å². The van der Waals surface area contributed by atoms with Crippen molar-refractivity contribution in [3.05, 3.63) is 48.5 Å². The fourth-order valence-electron chi connectivity index (χ4n) is 2.57. The molecule has 21 heavy (non-hydrogen) atoms. The lowest BCUT2D eigenvalue weighted by Crippen LogP contribution is -2.24. The van der Waals surface area contributed by atoms with Gasteiger partial charge in [0.15, 0.2) is 0 Å². The minimum Gasteiger partial charge on any atom is -0.497 e. The number of imidazole rings is 1. The van der Waals surface area contributed by atoms with Gasteiger partial charge in [0.05, 0.1) is 17.5 Å². The van der Waals surface area contributed by atoms with Gasteiger partial charge in [-0.1, -0.05) is 12.1 Å². The van der Waals surface area contributed by atoms with E-state index in [0.29, 0.717) is 0 Å². The Kier molecular flexibility index (Phi) is 4.80. The normalized spacial score (nSPS) is 17.6. The first-order valence-electron chi connectivity index (χ1n) is 7.21. The van der Waals surface area contributed by atoms with Gasteiger partial charge in [0.2, 0.25) is 0 Å². The molecule has 0 spiro atoms. The van der Waals surface area contributed by atoms with Crippen LogP contribution in [0, 0.1) is 0 Å². The Balaban J connectivity index is 1.81. The zero-order valence-corrected chi connectivity index (χ0v) is 13.8. The molecule has 0 radical (unpaired) electrons.